The van der Waals surface area contributed by atoms with Crippen LogP contribution >= 0.6 is 11.6 Å². The maximum atomic E-state index is 12.0. The molecule has 0 saturated carbocycles. The lowest BCUT2D eigenvalue weighted by atomic mass is 10.2. The number of halogens is 1. The molecule has 106 valence electrons. The molecule has 0 fully saturated rings. The highest BCUT2D eigenvalue weighted by Crippen LogP contribution is 2.15. The Hall–Kier alpha value is -2.33. The summed E-state index contributed by atoms with van der Waals surface area (Å²) in [7, 11) is 0. The number of amides is 1. The molecule has 2 aromatic rings. The number of aliphatic imine (C=N–C) groups is 1. The van der Waals surface area contributed by atoms with Gasteiger partial charge in [-0.05, 0) is 29.8 Å². The quantitative estimate of drug-likeness (QED) is 0.867. The molecular formula is C16H13ClN2O2. The second-order valence-electron chi connectivity index (χ2n) is 4.66. The van der Waals surface area contributed by atoms with Crippen molar-refractivity contribution in [3.05, 3.63) is 70.7 Å². The van der Waals surface area contributed by atoms with Crippen LogP contribution in [0.1, 0.15) is 11.1 Å². The first-order valence-corrected chi connectivity index (χ1v) is 6.91. The van der Waals surface area contributed by atoms with Gasteiger partial charge in [-0.25, -0.2) is 9.79 Å². The van der Waals surface area contributed by atoms with E-state index < -0.39 is 0 Å². The number of carbonyl (C=O) groups is 1. The Labute approximate surface area is 127 Å². The van der Waals surface area contributed by atoms with Crippen LogP contribution in [0.5, 0.6) is 0 Å². The lowest BCUT2D eigenvalue weighted by molar-refractivity contribution is 0.138. The fraction of sp³-hybridized carbons (Fsp3) is 0.125. The number of benzene rings is 2. The SMILES string of the molecule is O=C1OC(c2ccc(Cl)cc2)=NCN1Cc1ccccc1. The van der Waals surface area contributed by atoms with Crippen molar-refractivity contribution in [2.24, 2.45) is 4.99 Å². The Morgan fingerprint density at radius 2 is 1.81 bits per heavy atom. The molecule has 3 rings (SSSR count). The first-order chi connectivity index (χ1) is 10.2. The summed E-state index contributed by atoms with van der Waals surface area (Å²) >= 11 is 5.84. The molecule has 5 heteroatoms. The minimum absolute atomic E-state index is 0.283. The van der Waals surface area contributed by atoms with Crippen molar-refractivity contribution in [1.29, 1.82) is 0 Å². The highest BCUT2D eigenvalue weighted by atomic mass is 35.5. The van der Waals surface area contributed by atoms with Crippen LogP contribution in [0, 0.1) is 0 Å². The number of rotatable bonds is 3. The van der Waals surface area contributed by atoms with Crippen molar-refractivity contribution in [3.63, 3.8) is 0 Å². The number of hydrogen-bond donors (Lipinski definition) is 0. The van der Waals surface area contributed by atoms with Gasteiger partial charge in [0.25, 0.3) is 0 Å². The molecule has 0 aromatic heterocycles. The summed E-state index contributed by atoms with van der Waals surface area (Å²) in [6.07, 6.45) is -0.390. The van der Waals surface area contributed by atoms with Gasteiger partial charge in [-0.1, -0.05) is 41.9 Å². The van der Waals surface area contributed by atoms with E-state index in [9.17, 15) is 4.79 Å². The number of carbonyl (C=O) groups excluding carboxylic acids is 1. The fourth-order valence-electron chi connectivity index (χ4n) is 2.05. The van der Waals surface area contributed by atoms with E-state index in [1.165, 1.54) is 0 Å². The number of cyclic esters (lactones) is 1. The Kier molecular flexibility index (Phi) is 3.88. The third-order valence-electron chi connectivity index (χ3n) is 3.13. The van der Waals surface area contributed by atoms with Crippen molar-refractivity contribution >= 4 is 23.6 Å². The van der Waals surface area contributed by atoms with Gasteiger partial charge in [0, 0.05) is 10.6 Å². The topological polar surface area (TPSA) is 41.9 Å². The molecule has 0 unspecified atom stereocenters. The van der Waals surface area contributed by atoms with Crippen molar-refractivity contribution in [2.45, 2.75) is 6.54 Å². The molecule has 4 nitrogen and oxygen atoms in total. The lowest BCUT2D eigenvalue weighted by Gasteiger charge is -2.25. The zero-order valence-electron chi connectivity index (χ0n) is 11.2. The standard InChI is InChI=1S/C16H13ClN2O2/c17-14-8-6-13(7-9-14)15-18-11-19(16(20)21-15)10-12-4-2-1-3-5-12/h1-9H,10-11H2. The largest absolute Gasteiger partial charge is 0.418 e. The van der Waals surface area contributed by atoms with Gasteiger partial charge in [0.2, 0.25) is 5.90 Å². The lowest BCUT2D eigenvalue weighted by Crippen LogP contribution is -2.37. The maximum absolute atomic E-state index is 12.0. The Bertz CT molecular complexity index is 668. The Morgan fingerprint density at radius 1 is 1.10 bits per heavy atom. The summed E-state index contributed by atoms with van der Waals surface area (Å²) < 4.78 is 5.29. The van der Waals surface area contributed by atoms with Gasteiger partial charge in [-0.15, -0.1) is 0 Å². The second-order valence-corrected chi connectivity index (χ2v) is 5.10. The minimum Gasteiger partial charge on any atom is -0.391 e. The van der Waals surface area contributed by atoms with Crippen molar-refractivity contribution in [1.82, 2.24) is 4.90 Å². The van der Waals surface area contributed by atoms with Crippen LogP contribution in [0.25, 0.3) is 0 Å². The predicted molar refractivity (Wildman–Crippen MR) is 81.3 cm³/mol. The van der Waals surface area contributed by atoms with Crippen LogP contribution < -0.4 is 0 Å². The molecule has 0 radical (unpaired) electrons. The molecule has 2 aromatic carbocycles. The van der Waals surface area contributed by atoms with E-state index in [-0.39, 0.29) is 12.8 Å². The molecule has 0 atom stereocenters. The molecule has 0 N–H and O–H groups in total. The first kappa shape index (κ1) is 13.6. The smallest absolute Gasteiger partial charge is 0.391 e. The number of hydrogen-bond acceptors (Lipinski definition) is 3. The molecule has 1 heterocycles. The zero-order valence-corrected chi connectivity index (χ0v) is 12.0. The Balaban J connectivity index is 1.73. The number of nitrogens with zero attached hydrogens (tertiary/aromatic N) is 2. The van der Waals surface area contributed by atoms with E-state index >= 15 is 0 Å². The molecule has 1 aliphatic heterocycles. The molecule has 1 amide bonds. The van der Waals surface area contributed by atoms with E-state index in [0.717, 1.165) is 11.1 Å². The van der Waals surface area contributed by atoms with Crippen molar-refractivity contribution in [2.75, 3.05) is 6.67 Å². The van der Waals surface area contributed by atoms with Crippen LogP contribution in [0.4, 0.5) is 4.79 Å². The minimum atomic E-state index is -0.390. The van der Waals surface area contributed by atoms with Crippen LogP contribution in [-0.2, 0) is 11.3 Å². The summed E-state index contributed by atoms with van der Waals surface area (Å²) in [4.78, 5) is 17.9. The molecule has 0 aliphatic carbocycles. The predicted octanol–water partition coefficient (Wildman–Crippen LogP) is 3.70. The summed E-state index contributed by atoms with van der Waals surface area (Å²) in [5, 5.41) is 0.632. The zero-order chi connectivity index (χ0) is 14.7. The van der Waals surface area contributed by atoms with Crippen LogP contribution in [0.3, 0.4) is 0 Å². The highest BCUT2D eigenvalue weighted by Gasteiger charge is 2.23. The first-order valence-electron chi connectivity index (χ1n) is 6.53. The highest BCUT2D eigenvalue weighted by molar-refractivity contribution is 6.30. The summed E-state index contributed by atoms with van der Waals surface area (Å²) in [5.74, 6) is 0.334. The van der Waals surface area contributed by atoms with Gasteiger partial charge in [0.1, 0.15) is 6.67 Å². The molecule has 1 aliphatic rings. The van der Waals surface area contributed by atoms with Gasteiger partial charge >= 0.3 is 6.09 Å². The summed E-state index contributed by atoms with van der Waals surface area (Å²) in [6, 6.07) is 16.8. The van der Waals surface area contributed by atoms with Crippen molar-refractivity contribution < 1.29 is 9.53 Å². The summed E-state index contributed by atoms with van der Waals surface area (Å²) in [6.45, 7) is 0.767. The molecule has 0 spiro atoms. The average Bonchev–Trinajstić information content (AvgIpc) is 2.51. The Morgan fingerprint density at radius 3 is 2.48 bits per heavy atom. The van der Waals surface area contributed by atoms with E-state index in [1.807, 2.05) is 30.3 Å². The average molecular weight is 301 g/mol. The van der Waals surface area contributed by atoms with Gasteiger partial charge in [-0.3, -0.25) is 4.90 Å². The normalized spacial score (nSPS) is 14.6. The second kappa shape index (κ2) is 5.97. The van der Waals surface area contributed by atoms with E-state index in [2.05, 4.69) is 4.99 Å². The third-order valence-corrected chi connectivity index (χ3v) is 3.39. The van der Waals surface area contributed by atoms with Gasteiger partial charge < -0.3 is 4.74 Å². The molecule has 0 saturated heterocycles. The fourth-order valence-corrected chi connectivity index (χ4v) is 2.17. The molecule has 21 heavy (non-hydrogen) atoms. The molecular weight excluding hydrogens is 288 g/mol. The van der Waals surface area contributed by atoms with Crippen LogP contribution in [0.2, 0.25) is 5.02 Å². The third kappa shape index (κ3) is 3.23. The van der Waals surface area contributed by atoms with E-state index in [1.54, 1.807) is 29.2 Å². The van der Waals surface area contributed by atoms with Gasteiger partial charge in [0.15, 0.2) is 0 Å². The van der Waals surface area contributed by atoms with E-state index in [0.29, 0.717) is 17.5 Å². The van der Waals surface area contributed by atoms with Crippen molar-refractivity contribution in [3.8, 4) is 0 Å². The van der Waals surface area contributed by atoms with Crippen LogP contribution in [0.15, 0.2) is 59.6 Å². The molecule has 0 bridgehead atoms. The summed E-state index contributed by atoms with van der Waals surface area (Å²) in [5.41, 5.74) is 1.78. The van der Waals surface area contributed by atoms with Crippen LogP contribution in [-0.4, -0.2) is 23.6 Å². The van der Waals surface area contributed by atoms with E-state index in [4.69, 9.17) is 16.3 Å². The monoisotopic (exact) mass is 300 g/mol. The maximum Gasteiger partial charge on any atom is 0.418 e. The number of ether oxygens (including phenoxy) is 1. The van der Waals surface area contributed by atoms with Gasteiger partial charge in [0.05, 0.1) is 6.54 Å². The van der Waals surface area contributed by atoms with Gasteiger partial charge in [-0.2, -0.15) is 0 Å².